The quantitative estimate of drug-likeness (QED) is 0.826. The van der Waals surface area contributed by atoms with E-state index in [1.165, 1.54) is 0 Å². The highest BCUT2D eigenvalue weighted by Gasteiger charge is 2.11. The summed E-state index contributed by atoms with van der Waals surface area (Å²) in [4.78, 5) is 8.63. The van der Waals surface area contributed by atoms with Crippen LogP contribution in [0.5, 0.6) is 11.5 Å². The molecule has 0 unspecified atom stereocenters. The first-order chi connectivity index (χ1) is 8.58. The first-order valence-electron chi connectivity index (χ1n) is 5.69. The Morgan fingerprint density at radius 2 is 2.11 bits per heavy atom. The standard InChI is InChI=1S/C14H16N2O2/c1-8-13(18-4)6-5-10-12(17)7-11(9(2)15-3)16-14(8)10/h5-7H,1-4H3,(H,16,17)/b15-9+. The topological polar surface area (TPSA) is 54.7 Å². The Balaban J connectivity index is 2.80. The highest BCUT2D eigenvalue weighted by molar-refractivity contribution is 6.00. The van der Waals surface area contributed by atoms with E-state index in [0.717, 1.165) is 27.9 Å². The summed E-state index contributed by atoms with van der Waals surface area (Å²) in [7, 11) is 3.33. The van der Waals surface area contributed by atoms with Crippen molar-refractivity contribution in [1.82, 2.24) is 4.98 Å². The Morgan fingerprint density at radius 1 is 1.39 bits per heavy atom. The van der Waals surface area contributed by atoms with E-state index in [4.69, 9.17) is 4.74 Å². The van der Waals surface area contributed by atoms with Gasteiger partial charge < -0.3 is 9.84 Å². The summed E-state index contributed by atoms with van der Waals surface area (Å²) in [5.41, 5.74) is 3.12. The van der Waals surface area contributed by atoms with Crippen molar-refractivity contribution < 1.29 is 9.84 Å². The number of benzene rings is 1. The molecule has 1 aromatic carbocycles. The molecule has 94 valence electrons. The molecule has 2 aromatic rings. The summed E-state index contributed by atoms with van der Waals surface area (Å²) in [5.74, 6) is 0.974. The Kier molecular flexibility index (Phi) is 3.19. The van der Waals surface area contributed by atoms with Gasteiger partial charge in [-0.1, -0.05) is 0 Å². The van der Waals surface area contributed by atoms with Crippen LogP contribution in [-0.4, -0.2) is 30.0 Å². The van der Waals surface area contributed by atoms with Gasteiger partial charge in [-0.2, -0.15) is 0 Å². The molecule has 0 saturated carbocycles. The second-order valence-corrected chi connectivity index (χ2v) is 4.12. The Morgan fingerprint density at radius 3 is 2.72 bits per heavy atom. The van der Waals surface area contributed by atoms with Crippen molar-refractivity contribution in [3.8, 4) is 11.5 Å². The zero-order valence-electron chi connectivity index (χ0n) is 11.0. The average Bonchev–Trinajstić information content (AvgIpc) is 2.38. The van der Waals surface area contributed by atoms with Crippen molar-refractivity contribution in [2.24, 2.45) is 4.99 Å². The molecular weight excluding hydrogens is 228 g/mol. The molecule has 0 saturated heterocycles. The minimum Gasteiger partial charge on any atom is -0.507 e. The van der Waals surface area contributed by atoms with E-state index in [9.17, 15) is 5.11 Å². The van der Waals surface area contributed by atoms with E-state index in [-0.39, 0.29) is 5.75 Å². The number of ether oxygens (including phenoxy) is 1. The van der Waals surface area contributed by atoms with Gasteiger partial charge in [0.05, 0.1) is 24.0 Å². The zero-order valence-corrected chi connectivity index (χ0v) is 11.0. The average molecular weight is 244 g/mol. The smallest absolute Gasteiger partial charge is 0.127 e. The first-order valence-corrected chi connectivity index (χ1v) is 5.69. The fraction of sp³-hybridized carbons (Fsp3) is 0.286. The molecule has 2 rings (SSSR count). The number of aliphatic imine (C=N–C) groups is 1. The molecule has 0 spiro atoms. The van der Waals surface area contributed by atoms with Crippen LogP contribution in [0.4, 0.5) is 0 Å². The van der Waals surface area contributed by atoms with Crippen LogP contribution in [0, 0.1) is 6.92 Å². The van der Waals surface area contributed by atoms with Gasteiger partial charge >= 0.3 is 0 Å². The number of hydrogen-bond donors (Lipinski definition) is 1. The second kappa shape index (κ2) is 4.64. The predicted octanol–water partition coefficient (Wildman–Crippen LogP) is 2.70. The number of methoxy groups -OCH3 is 1. The van der Waals surface area contributed by atoms with E-state index in [1.54, 1.807) is 20.2 Å². The monoisotopic (exact) mass is 244 g/mol. The molecular formula is C14H16N2O2. The molecule has 0 atom stereocenters. The highest BCUT2D eigenvalue weighted by Crippen LogP contribution is 2.31. The van der Waals surface area contributed by atoms with Crippen LogP contribution in [-0.2, 0) is 0 Å². The number of aryl methyl sites for hydroxylation is 1. The van der Waals surface area contributed by atoms with Crippen LogP contribution in [0.2, 0.25) is 0 Å². The van der Waals surface area contributed by atoms with Crippen molar-refractivity contribution in [3.05, 3.63) is 29.5 Å². The number of rotatable bonds is 2. The maximum Gasteiger partial charge on any atom is 0.127 e. The molecule has 0 aliphatic rings. The van der Waals surface area contributed by atoms with Gasteiger partial charge in [-0.25, -0.2) is 4.98 Å². The van der Waals surface area contributed by atoms with Gasteiger partial charge in [0, 0.05) is 24.1 Å². The summed E-state index contributed by atoms with van der Waals surface area (Å²) in [6.45, 7) is 3.79. The van der Waals surface area contributed by atoms with Gasteiger partial charge in [0.1, 0.15) is 11.5 Å². The number of hydrogen-bond acceptors (Lipinski definition) is 4. The van der Waals surface area contributed by atoms with Crippen LogP contribution < -0.4 is 4.74 Å². The van der Waals surface area contributed by atoms with E-state index in [2.05, 4.69) is 9.98 Å². The van der Waals surface area contributed by atoms with Gasteiger partial charge in [0.2, 0.25) is 0 Å². The lowest BCUT2D eigenvalue weighted by atomic mass is 10.1. The van der Waals surface area contributed by atoms with Crippen LogP contribution in [0.25, 0.3) is 10.9 Å². The van der Waals surface area contributed by atoms with Crippen LogP contribution in [0.3, 0.4) is 0 Å². The largest absolute Gasteiger partial charge is 0.507 e. The summed E-state index contributed by atoms with van der Waals surface area (Å²) in [6.07, 6.45) is 0. The van der Waals surface area contributed by atoms with E-state index >= 15 is 0 Å². The van der Waals surface area contributed by atoms with E-state index in [0.29, 0.717) is 5.69 Å². The number of pyridine rings is 1. The normalized spacial score (nSPS) is 11.9. The molecule has 18 heavy (non-hydrogen) atoms. The predicted molar refractivity (Wildman–Crippen MR) is 72.8 cm³/mol. The van der Waals surface area contributed by atoms with Crippen LogP contribution >= 0.6 is 0 Å². The first kappa shape index (κ1) is 12.4. The molecule has 1 heterocycles. The van der Waals surface area contributed by atoms with Gasteiger partial charge in [0.15, 0.2) is 0 Å². The number of fused-ring (bicyclic) bond motifs is 1. The summed E-state index contributed by atoms with van der Waals surface area (Å²) < 4.78 is 5.27. The lowest BCUT2D eigenvalue weighted by Crippen LogP contribution is -2.00. The van der Waals surface area contributed by atoms with Gasteiger partial charge in [-0.05, 0) is 26.0 Å². The zero-order chi connectivity index (χ0) is 13.3. The minimum absolute atomic E-state index is 0.212. The third-order valence-electron chi connectivity index (χ3n) is 3.09. The van der Waals surface area contributed by atoms with Crippen molar-refractivity contribution in [2.75, 3.05) is 14.2 Å². The van der Waals surface area contributed by atoms with E-state index in [1.807, 2.05) is 26.0 Å². The fourth-order valence-electron chi connectivity index (χ4n) is 1.91. The minimum atomic E-state index is 0.212. The fourth-order valence-corrected chi connectivity index (χ4v) is 1.91. The van der Waals surface area contributed by atoms with Gasteiger partial charge in [-0.15, -0.1) is 0 Å². The van der Waals surface area contributed by atoms with Crippen molar-refractivity contribution in [3.63, 3.8) is 0 Å². The third kappa shape index (κ3) is 1.90. The molecule has 4 nitrogen and oxygen atoms in total. The lowest BCUT2D eigenvalue weighted by Gasteiger charge is -2.10. The number of aromatic hydroxyl groups is 1. The SMILES string of the molecule is C/N=C(\C)c1cc(O)c2ccc(OC)c(C)c2n1. The van der Waals surface area contributed by atoms with Gasteiger partial charge in [-0.3, -0.25) is 4.99 Å². The maximum atomic E-state index is 10.0. The molecule has 4 heteroatoms. The Hall–Kier alpha value is -2.10. The Labute approximate surface area is 106 Å². The number of aromatic nitrogens is 1. The summed E-state index contributed by atoms with van der Waals surface area (Å²) in [6, 6.07) is 5.28. The lowest BCUT2D eigenvalue weighted by molar-refractivity contribution is 0.412. The summed E-state index contributed by atoms with van der Waals surface area (Å²) in [5, 5.41) is 10.8. The molecule has 0 aliphatic heterocycles. The second-order valence-electron chi connectivity index (χ2n) is 4.12. The van der Waals surface area contributed by atoms with Crippen molar-refractivity contribution in [1.29, 1.82) is 0 Å². The molecule has 0 aliphatic carbocycles. The molecule has 1 N–H and O–H groups in total. The molecule has 0 fully saturated rings. The Bertz CT molecular complexity index is 633. The van der Waals surface area contributed by atoms with Crippen LogP contribution in [0.15, 0.2) is 23.2 Å². The molecule has 1 aromatic heterocycles. The van der Waals surface area contributed by atoms with Crippen LogP contribution in [0.1, 0.15) is 18.2 Å². The highest BCUT2D eigenvalue weighted by atomic mass is 16.5. The molecule has 0 radical (unpaired) electrons. The van der Waals surface area contributed by atoms with Gasteiger partial charge in [0.25, 0.3) is 0 Å². The van der Waals surface area contributed by atoms with Crippen molar-refractivity contribution in [2.45, 2.75) is 13.8 Å². The number of nitrogens with zero attached hydrogens (tertiary/aromatic N) is 2. The van der Waals surface area contributed by atoms with E-state index < -0.39 is 0 Å². The third-order valence-corrected chi connectivity index (χ3v) is 3.09. The molecule has 0 bridgehead atoms. The maximum absolute atomic E-state index is 10.0. The molecule has 0 amide bonds. The van der Waals surface area contributed by atoms with Crippen molar-refractivity contribution >= 4 is 16.6 Å². The summed E-state index contributed by atoms with van der Waals surface area (Å²) >= 11 is 0.